The van der Waals surface area contributed by atoms with Crippen molar-refractivity contribution in [3.05, 3.63) is 24.4 Å². The lowest BCUT2D eigenvalue weighted by atomic mass is 10.2. The summed E-state index contributed by atoms with van der Waals surface area (Å²) >= 11 is 0. The van der Waals surface area contributed by atoms with Gasteiger partial charge in [0.05, 0.1) is 0 Å². The van der Waals surface area contributed by atoms with Gasteiger partial charge in [0.15, 0.2) is 11.8 Å². The van der Waals surface area contributed by atoms with Gasteiger partial charge >= 0.3 is 0 Å². The molecule has 0 bridgehead atoms. The molecule has 0 aromatic carbocycles. The lowest BCUT2D eigenvalue weighted by Gasteiger charge is -2.22. The van der Waals surface area contributed by atoms with Crippen molar-refractivity contribution in [1.82, 2.24) is 20.4 Å². The summed E-state index contributed by atoms with van der Waals surface area (Å²) in [5.74, 6) is 2.76. The second kappa shape index (κ2) is 15.0. The van der Waals surface area contributed by atoms with Gasteiger partial charge in [0, 0.05) is 39.0 Å². The molecule has 26 heavy (non-hydrogen) atoms. The van der Waals surface area contributed by atoms with Crippen molar-refractivity contribution < 1.29 is 4.52 Å². The quantitative estimate of drug-likeness (QED) is 0.159. The maximum absolute atomic E-state index is 5.27. The number of allylic oxidation sites excluding steroid dienone is 1. The van der Waals surface area contributed by atoms with Crippen LogP contribution < -0.4 is 5.32 Å². The largest absolute Gasteiger partial charge is 0.357 e. The van der Waals surface area contributed by atoms with Crippen molar-refractivity contribution in [3.63, 3.8) is 0 Å². The molecular weight excluding hydrogens is 441 g/mol. The molecule has 7 heteroatoms. The standard InChI is InChI=1S/C19H35N5O.HI/c1-6-8-9-10-11-15-24(5)19(20-7-2)21-14-12-13-17-22-18(16(3)4)23-25-17;/h6,16H,1,7-15H2,2-5H3,(H,20,21);1H. The van der Waals surface area contributed by atoms with Crippen molar-refractivity contribution in [3.8, 4) is 0 Å². The van der Waals surface area contributed by atoms with Gasteiger partial charge in [-0.25, -0.2) is 0 Å². The number of guanidine groups is 1. The number of aryl methyl sites for hydroxylation is 1. The van der Waals surface area contributed by atoms with E-state index in [-0.39, 0.29) is 24.0 Å². The third-order valence-electron chi connectivity index (χ3n) is 3.91. The number of aliphatic imine (C=N–C) groups is 1. The molecule has 0 saturated carbocycles. The number of unbranched alkanes of at least 4 members (excludes halogenated alkanes) is 3. The van der Waals surface area contributed by atoms with E-state index in [1.165, 1.54) is 19.3 Å². The molecule has 1 aromatic heterocycles. The fourth-order valence-electron chi connectivity index (χ4n) is 2.41. The van der Waals surface area contributed by atoms with E-state index in [9.17, 15) is 0 Å². The molecule has 0 fully saturated rings. The number of hydrogen-bond acceptors (Lipinski definition) is 4. The van der Waals surface area contributed by atoms with Gasteiger partial charge in [-0.2, -0.15) is 4.98 Å². The van der Waals surface area contributed by atoms with Gasteiger partial charge in [-0.3, -0.25) is 4.99 Å². The second-order valence-corrected chi connectivity index (χ2v) is 6.60. The highest BCUT2D eigenvalue weighted by Crippen LogP contribution is 2.10. The molecule has 0 unspecified atom stereocenters. The molecule has 1 rings (SSSR count). The van der Waals surface area contributed by atoms with E-state index in [1.807, 2.05) is 6.08 Å². The first-order chi connectivity index (χ1) is 12.1. The number of halogens is 1. The van der Waals surface area contributed by atoms with Gasteiger partial charge in [0.1, 0.15) is 0 Å². The number of rotatable bonds is 12. The first kappa shape index (κ1) is 24.9. The monoisotopic (exact) mass is 477 g/mol. The smallest absolute Gasteiger partial charge is 0.226 e. The Morgan fingerprint density at radius 3 is 2.69 bits per heavy atom. The van der Waals surface area contributed by atoms with E-state index in [4.69, 9.17) is 9.52 Å². The van der Waals surface area contributed by atoms with E-state index in [2.05, 4.69) is 54.8 Å². The molecule has 1 aromatic rings. The maximum Gasteiger partial charge on any atom is 0.226 e. The summed E-state index contributed by atoms with van der Waals surface area (Å²) in [6.45, 7) is 12.6. The van der Waals surface area contributed by atoms with Crippen molar-refractivity contribution in [1.29, 1.82) is 0 Å². The minimum Gasteiger partial charge on any atom is -0.357 e. The van der Waals surface area contributed by atoms with E-state index < -0.39 is 0 Å². The van der Waals surface area contributed by atoms with Crippen molar-refractivity contribution in [2.75, 3.05) is 26.7 Å². The average Bonchev–Trinajstić information content (AvgIpc) is 3.06. The SMILES string of the molecule is C=CCCCCCN(C)C(=NCCCc1nc(C(C)C)no1)NCC.I. The first-order valence-electron chi connectivity index (χ1n) is 9.51. The molecule has 0 aliphatic heterocycles. The zero-order valence-corrected chi connectivity index (χ0v) is 19.2. The zero-order valence-electron chi connectivity index (χ0n) is 16.8. The highest BCUT2D eigenvalue weighted by Gasteiger charge is 2.09. The molecule has 0 radical (unpaired) electrons. The van der Waals surface area contributed by atoms with Gasteiger partial charge in [0.2, 0.25) is 5.89 Å². The third-order valence-corrected chi connectivity index (χ3v) is 3.91. The Morgan fingerprint density at radius 1 is 1.31 bits per heavy atom. The fraction of sp³-hybridized carbons (Fsp3) is 0.737. The van der Waals surface area contributed by atoms with Crippen molar-refractivity contribution in [2.45, 2.75) is 65.2 Å². The van der Waals surface area contributed by atoms with Crippen LogP contribution in [0.15, 0.2) is 22.2 Å². The summed E-state index contributed by atoms with van der Waals surface area (Å²) < 4.78 is 5.27. The Bertz CT molecular complexity index is 516. The lowest BCUT2D eigenvalue weighted by Crippen LogP contribution is -2.39. The lowest BCUT2D eigenvalue weighted by molar-refractivity contribution is 0.369. The van der Waals surface area contributed by atoms with E-state index >= 15 is 0 Å². The van der Waals surface area contributed by atoms with Crippen LogP contribution in [0, 0.1) is 0 Å². The fourth-order valence-corrected chi connectivity index (χ4v) is 2.41. The molecule has 1 N–H and O–H groups in total. The second-order valence-electron chi connectivity index (χ2n) is 6.60. The summed E-state index contributed by atoms with van der Waals surface area (Å²) in [4.78, 5) is 11.3. The molecule has 0 aliphatic carbocycles. The molecular formula is C19H36IN5O. The van der Waals surface area contributed by atoms with Gasteiger partial charge in [-0.1, -0.05) is 31.5 Å². The maximum atomic E-state index is 5.27. The van der Waals surface area contributed by atoms with Crippen LogP contribution in [0.25, 0.3) is 0 Å². The summed E-state index contributed by atoms with van der Waals surface area (Å²) in [6, 6.07) is 0. The van der Waals surface area contributed by atoms with Gasteiger partial charge in [-0.05, 0) is 32.6 Å². The Labute approximate surface area is 175 Å². The number of aromatic nitrogens is 2. The minimum atomic E-state index is 0. The summed E-state index contributed by atoms with van der Waals surface area (Å²) in [7, 11) is 2.10. The Kier molecular flexibility index (Phi) is 14.3. The molecule has 0 aliphatic rings. The molecule has 6 nitrogen and oxygen atoms in total. The van der Waals surface area contributed by atoms with E-state index in [0.29, 0.717) is 11.8 Å². The summed E-state index contributed by atoms with van der Waals surface area (Å²) in [6.07, 6.45) is 8.39. The molecule has 0 atom stereocenters. The van der Waals surface area contributed by atoms with Crippen LogP contribution in [0.2, 0.25) is 0 Å². The number of hydrogen-bond donors (Lipinski definition) is 1. The van der Waals surface area contributed by atoms with Gasteiger partial charge in [-0.15, -0.1) is 30.6 Å². The minimum absolute atomic E-state index is 0. The van der Waals surface area contributed by atoms with E-state index in [1.54, 1.807) is 0 Å². The number of nitrogens with zero attached hydrogens (tertiary/aromatic N) is 4. The van der Waals surface area contributed by atoms with Crippen molar-refractivity contribution >= 4 is 29.9 Å². The highest BCUT2D eigenvalue weighted by molar-refractivity contribution is 14.0. The predicted octanol–water partition coefficient (Wildman–Crippen LogP) is 4.39. The van der Waals surface area contributed by atoms with Crippen LogP contribution in [0.4, 0.5) is 0 Å². The Morgan fingerprint density at radius 2 is 2.08 bits per heavy atom. The van der Waals surface area contributed by atoms with Crippen LogP contribution >= 0.6 is 24.0 Å². The average molecular weight is 477 g/mol. The van der Waals surface area contributed by atoms with Crippen LogP contribution in [0.3, 0.4) is 0 Å². The molecule has 0 spiro atoms. The Balaban J connectivity index is 0.00000625. The van der Waals surface area contributed by atoms with Crippen LogP contribution in [0.1, 0.15) is 70.5 Å². The van der Waals surface area contributed by atoms with Gasteiger partial charge < -0.3 is 14.7 Å². The Hall–Kier alpha value is -1.12. The van der Waals surface area contributed by atoms with E-state index in [0.717, 1.165) is 50.7 Å². The summed E-state index contributed by atoms with van der Waals surface area (Å²) in [5, 5.41) is 7.35. The van der Waals surface area contributed by atoms with Crippen LogP contribution in [-0.2, 0) is 6.42 Å². The predicted molar refractivity (Wildman–Crippen MR) is 119 cm³/mol. The van der Waals surface area contributed by atoms with Crippen LogP contribution in [-0.4, -0.2) is 47.7 Å². The van der Waals surface area contributed by atoms with Gasteiger partial charge in [0.25, 0.3) is 0 Å². The molecule has 150 valence electrons. The molecule has 1 heterocycles. The topological polar surface area (TPSA) is 66.5 Å². The highest BCUT2D eigenvalue weighted by atomic mass is 127. The zero-order chi connectivity index (χ0) is 18.5. The van der Waals surface area contributed by atoms with Crippen molar-refractivity contribution in [2.24, 2.45) is 4.99 Å². The molecule has 0 saturated heterocycles. The summed E-state index contributed by atoms with van der Waals surface area (Å²) in [5.41, 5.74) is 0. The normalized spacial score (nSPS) is 11.3. The first-order valence-corrected chi connectivity index (χ1v) is 9.51. The molecule has 0 amide bonds. The third kappa shape index (κ3) is 10.1. The number of nitrogens with one attached hydrogen (secondary N) is 1. The van der Waals surface area contributed by atoms with Crippen LogP contribution in [0.5, 0.6) is 0 Å².